The van der Waals surface area contributed by atoms with E-state index < -0.39 is 15.7 Å². The zero-order valence-electron chi connectivity index (χ0n) is 19.9. The third-order valence-corrected chi connectivity index (χ3v) is 8.47. The second kappa shape index (κ2) is 9.59. The highest BCUT2D eigenvalue weighted by Gasteiger charge is 2.27. The van der Waals surface area contributed by atoms with Crippen LogP contribution in [0.15, 0.2) is 64.9 Å². The van der Waals surface area contributed by atoms with E-state index in [1.165, 1.54) is 17.0 Å². The molecule has 0 fully saturated rings. The number of benzene rings is 2. The van der Waals surface area contributed by atoms with Crippen LogP contribution >= 0.6 is 11.3 Å². The van der Waals surface area contributed by atoms with E-state index in [1.807, 2.05) is 29.1 Å². The minimum absolute atomic E-state index is 0.108. The van der Waals surface area contributed by atoms with Gasteiger partial charge in [0.1, 0.15) is 23.1 Å². The zero-order chi connectivity index (χ0) is 25.4. The van der Waals surface area contributed by atoms with Crippen LogP contribution in [0.3, 0.4) is 0 Å². The Hall–Kier alpha value is -3.37. The largest absolute Gasteiger partial charge is 0.491 e. The number of nitrogens with zero attached hydrogens (tertiary/aromatic N) is 3. The summed E-state index contributed by atoms with van der Waals surface area (Å²) in [6, 6.07) is 12.7. The molecule has 5 rings (SSSR count). The monoisotopic (exact) mass is 526 g/mol. The van der Waals surface area contributed by atoms with E-state index in [-0.39, 0.29) is 28.4 Å². The zero-order valence-corrected chi connectivity index (χ0v) is 21.5. The van der Waals surface area contributed by atoms with Crippen molar-refractivity contribution in [3.05, 3.63) is 82.2 Å². The molecule has 3 heterocycles. The van der Waals surface area contributed by atoms with Crippen LogP contribution in [0.25, 0.3) is 10.4 Å². The lowest BCUT2D eigenvalue weighted by Crippen LogP contribution is -2.33. The molecule has 0 aliphatic carbocycles. The Bertz CT molecular complexity index is 1530. The molecule has 186 valence electrons. The summed E-state index contributed by atoms with van der Waals surface area (Å²) in [5, 5.41) is 4.15. The molecule has 10 heteroatoms. The standard InChI is InChI=1S/C26H25FN3O4S2/c1-3-20-21(6-9-24(25(20)27)36(2,32)33)26(31)29-12-13-34-22-7-4-17(14-18(22)15-29)23-8-5-19(35-23)16-30-11-10-28-30/h4-11,14H,3,12-13,15-16H2,1-2H3/q+1. The van der Waals surface area contributed by atoms with Gasteiger partial charge in [-0.15, -0.1) is 11.3 Å². The topological polar surface area (TPSA) is 79.1 Å². The van der Waals surface area contributed by atoms with Crippen LogP contribution in [0.1, 0.15) is 33.3 Å². The van der Waals surface area contributed by atoms with Gasteiger partial charge in [-0.25, -0.2) is 12.8 Å². The number of hydrogen-bond donors (Lipinski definition) is 0. The Balaban J connectivity index is 1.42. The number of azo groups is 2. The second-order valence-corrected chi connectivity index (χ2v) is 11.9. The molecule has 7 nitrogen and oxygen atoms in total. The number of fused-ring (bicyclic) bond motifs is 1. The molecule has 0 saturated heterocycles. The van der Waals surface area contributed by atoms with Crippen LogP contribution in [0.4, 0.5) is 4.39 Å². The molecule has 0 spiro atoms. The summed E-state index contributed by atoms with van der Waals surface area (Å²) in [6.07, 6.45) is 4.84. The van der Waals surface area contributed by atoms with Gasteiger partial charge in [0.2, 0.25) is 12.7 Å². The van der Waals surface area contributed by atoms with Gasteiger partial charge < -0.3 is 9.64 Å². The molecular formula is C26H25FN3O4S2+. The van der Waals surface area contributed by atoms with Crippen molar-refractivity contribution in [1.29, 1.82) is 0 Å². The first kappa shape index (κ1) is 24.3. The summed E-state index contributed by atoms with van der Waals surface area (Å²) < 4.78 is 46.7. The molecule has 0 atom stereocenters. The number of rotatable bonds is 6. The molecule has 2 aliphatic rings. The summed E-state index contributed by atoms with van der Waals surface area (Å²) in [7, 11) is -3.74. The highest BCUT2D eigenvalue weighted by Crippen LogP contribution is 2.34. The van der Waals surface area contributed by atoms with Crippen molar-refractivity contribution in [1.82, 2.24) is 4.90 Å². The average Bonchev–Trinajstić information content (AvgIpc) is 3.18. The van der Waals surface area contributed by atoms with Crippen LogP contribution in [0.2, 0.25) is 0 Å². The van der Waals surface area contributed by atoms with E-state index in [2.05, 4.69) is 17.2 Å². The van der Waals surface area contributed by atoms with Crippen molar-refractivity contribution < 1.29 is 27.0 Å². The van der Waals surface area contributed by atoms with Gasteiger partial charge in [-0.2, -0.15) is 0 Å². The lowest BCUT2D eigenvalue weighted by atomic mass is 10.0. The number of amides is 1. The summed E-state index contributed by atoms with van der Waals surface area (Å²) in [5.41, 5.74) is 2.17. The van der Waals surface area contributed by atoms with Crippen molar-refractivity contribution in [2.45, 2.75) is 31.3 Å². The van der Waals surface area contributed by atoms with Crippen molar-refractivity contribution in [3.63, 3.8) is 0 Å². The van der Waals surface area contributed by atoms with Crippen LogP contribution in [-0.2, 0) is 29.3 Å². The van der Waals surface area contributed by atoms with Gasteiger partial charge in [0.25, 0.3) is 5.91 Å². The Kier molecular flexibility index (Phi) is 6.48. The molecule has 0 saturated carbocycles. The minimum atomic E-state index is -3.74. The lowest BCUT2D eigenvalue weighted by Gasteiger charge is -2.22. The molecule has 0 unspecified atom stereocenters. The number of hydrogen-bond acceptors (Lipinski definition) is 6. The number of thiophene rings is 1. The summed E-state index contributed by atoms with van der Waals surface area (Å²) in [6.45, 7) is 3.37. The number of ether oxygens (including phenoxy) is 1. The molecule has 0 N–H and O–H groups in total. The highest BCUT2D eigenvalue weighted by atomic mass is 32.2. The van der Waals surface area contributed by atoms with Gasteiger partial charge in [-0.05, 0) is 59.6 Å². The van der Waals surface area contributed by atoms with Crippen LogP contribution < -0.4 is 4.74 Å². The average molecular weight is 527 g/mol. The van der Waals surface area contributed by atoms with Crippen molar-refractivity contribution >= 4 is 27.1 Å². The minimum Gasteiger partial charge on any atom is -0.491 e. The van der Waals surface area contributed by atoms with E-state index in [1.54, 1.807) is 29.4 Å². The SMILES string of the molecule is CCc1c(C(=O)N2CCOc3ccc(-c4ccc(C[N+]5=NC=C5)s4)cc3C2)ccc(S(C)(=O)=O)c1F. The molecule has 0 bridgehead atoms. The number of sulfone groups is 1. The predicted octanol–water partition coefficient (Wildman–Crippen LogP) is 5.00. The van der Waals surface area contributed by atoms with E-state index in [9.17, 15) is 13.2 Å². The van der Waals surface area contributed by atoms with E-state index >= 15 is 4.39 Å². The molecule has 1 amide bonds. The Morgan fingerprint density at radius 1 is 1.22 bits per heavy atom. The Morgan fingerprint density at radius 2 is 2.03 bits per heavy atom. The molecule has 1 aromatic heterocycles. The number of carbonyl (C=O) groups is 1. The molecular weight excluding hydrogens is 501 g/mol. The molecule has 36 heavy (non-hydrogen) atoms. The predicted molar refractivity (Wildman–Crippen MR) is 134 cm³/mol. The van der Waals surface area contributed by atoms with Crippen molar-refractivity contribution in [3.8, 4) is 16.2 Å². The number of halogens is 1. The van der Waals surface area contributed by atoms with Gasteiger partial charge in [-0.1, -0.05) is 11.6 Å². The first-order valence-electron chi connectivity index (χ1n) is 11.5. The van der Waals surface area contributed by atoms with Crippen LogP contribution in [-0.4, -0.2) is 43.3 Å². The molecule has 3 aromatic rings. The fourth-order valence-corrected chi connectivity index (χ4v) is 6.12. The third-order valence-electron chi connectivity index (χ3n) is 6.24. The van der Waals surface area contributed by atoms with E-state index in [0.29, 0.717) is 25.4 Å². The van der Waals surface area contributed by atoms with Gasteiger partial charge in [0, 0.05) is 34.4 Å². The maximum atomic E-state index is 15.0. The fraction of sp³-hybridized carbons (Fsp3) is 0.269. The first-order valence-corrected chi connectivity index (χ1v) is 14.2. The van der Waals surface area contributed by atoms with Gasteiger partial charge >= 0.3 is 0 Å². The number of carbonyl (C=O) groups excluding carboxylic acids is 1. The van der Waals surface area contributed by atoms with Gasteiger partial charge in [-0.3, -0.25) is 4.79 Å². The summed E-state index contributed by atoms with van der Waals surface area (Å²) in [4.78, 5) is 17.0. The quantitative estimate of drug-likeness (QED) is 0.423. The maximum absolute atomic E-state index is 15.0. The lowest BCUT2D eigenvalue weighted by molar-refractivity contribution is -0.558. The third kappa shape index (κ3) is 4.70. The summed E-state index contributed by atoms with van der Waals surface area (Å²) in [5.74, 6) is -0.489. The van der Waals surface area contributed by atoms with Crippen molar-refractivity contribution in [2.75, 3.05) is 19.4 Å². The van der Waals surface area contributed by atoms with E-state index in [0.717, 1.165) is 28.8 Å². The Morgan fingerprint density at radius 3 is 2.72 bits per heavy atom. The van der Waals surface area contributed by atoms with Crippen LogP contribution in [0, 0.1) is 5.82 Å². The summed E-state index contributed by atoms with van der Waals surface area (Å²) >= 11 is 1.69. The first-order chi connectivity index (χ1) is 17.2. The maximum Gasteiger partial charge on any atom is 0.254 e. The van der Waals surface area contributed by atoms with E-state index in [4.69, 9.17) is 4.74 Å². The Labute approximate surface area is 213 Å². The van der Waals surface area contributed by atoms with Crippen LogP contribution in [0.5, 0.6) is 5.75 Å². The normalized spacial score (nSPS) is 15.0. The molecule has 2 aromatic carbocycles. The highest BCUT2D eigenvalue weighted by molar-refractivity contribution is 7.90. The molecule has 2 aliphatic heterocycles. The van der Waals surface area contributed by atoms with Gasteiger partial charge in [0.05, 0.1) is 11.4 Å². The van der Waals surface area contributed by atoms with Gasteiger partial charge in [0.15, 0.2) is 16.0 Å². The fourth-order valence-electron chi connectivity index (χ4n) is 4.36. The smallest absolute Gasteiger partial charge is 0.254 e. The second-order valence-electron chi connectivity index (χ2n) is 8.70. The molecule has 0 radical (unpaired) electrons. The van der Waals surface area contributed by atoms with Crippen molar-refractivity contribution in [2.24, 2.45) is 5.11 Å².